The second kappa shape index (κ2) is 9.10. The molecule has 0 bridgehead atoms. The molecule has 0 spiro atoms. The standard InChI is InChI=1S/C19H21ClN2O4/c1-12-6-5-7-16(13(12)2)26-11-19(23)22-21-10-14-8-17(24-3)18(25-4)9-15(14)20/h5-10H,11H2,1-4H3,(H,22,23)/b21-10+. The third kappa shape index (κ3) is 4.89. The number of halogens is 1. The Kier molecular flexibility index (Phi) is 6.86. The number of carbonyl (C=O) groups is 1. The zero-order valence-electron chi connectivity index (χ0n) is 15.1. The van der Waals surface area contributed by atoms with Crippen LogP contribution in [0.5, 0.6) is 17.2 Å². The van der Waals surface area contributed by atoms with Gasteiger partial charge in [-0.1, -0.05) is 23.7 Å². The highest BCUT2D eigenvalue weighted by molar-refractivity contribution is 6.33. The molecule has 0 aliphatic rings. The number of hydrazone groups is 1. The van der Waals surface area contributed by atoms with E-state index in [4.69, 9.17) is 25.8 Å². The molecule has 0 saturated heterocycles. The predicted octanol–water partition coefficient (Wildman–Crippen LogP) is 3.50. The van der Waals surface area contributed by atoms with Crippen LogP contribution in [-0.4, -0.2) is 32.9 Å². The molecule has 0 saturated carbocycles. The maximum atomic E-state index is 11.9. The first-order chi connectivity index (χ1) is 12.5. The molecule has 2 rings (SSSR count). The summed E-state index contributed by atoms with van der Waals surface area (Å²) in [7, 11) is 3.05. The van der Waals surface area contributed by atoms with E-state index in [2.05, 4.69) is 10.5 Å². The van der Waals surface area contributed by atoms with Crippen LogP contribution in [0.15, 0.2) is 35.4 Å². The van der Waals surface area contributed by atoms with E-state index in [1.54, 1.807) is 12.1 Å². The highest BCUT2D eigenvalue weighted by Crippen LogP contribution is 2.32. The van der Waals surface area contributed by atoms with Crippen molar-refractivity contribution in [2.45, 2.75) is 13.8 Å². The molecule has 0 heterocycles. The summed E-state index contributed by atoms with van der Waals surface area (Å²) < 4.78 is 15.9. The van der Waals surface area contributed by atoms with E-state index in [-0.39, 0.29) is 12.5 Å². The molecule has 0 fully saturated rings. The Balaban J connectivity index is 1.95. The summed E-state index contributed by atoms with van der Waals surface area (Å²) in [5.74, 6) is 1.33. The average Bonchev–Trinajstić information content (AvgIpc) is 2.63. The van der Waals surface area contributed by atoms with Crippen molar-refractivity contribution in [1.82, 2.24) is 5.43 Å². The minimum Gasteiger partial charge on any atom is -0.493 e. The van der Waals surface area contributed by atoms with Crippen LogP contribution in [0.25, 0.3) is 0 Å². The lowest BCUT2D eigenvalue weighted by Crippen LogP contribution is -2.24. The first-order valence-electron chi connectivity index (χ1n) is 7.88. The van der Waals surface area contributed by atoms with Crippen LogP contribution in [0.4, 0.5) is 0 Å². The van der Waals surface area contributed by atoms with Crippen LogP contribution >= 0.6 is 11.6 Å². The van der Waals surface area contributed by atoms with E-state index in [0.717, 1.165) is 11.1 Å². The Bertz CT molecular complexity index is 821. The van der Waals surface area contributed by atoms with Gasteiger partial charge in [0.25, 0.3) is 5.91 Å². The zero-order valence-corrected chi connectivity index (χ0v) is 15.9. The number of amides is 1. The molecule has 0 unspecified atom stereocenters. The predicted molar refractivity (Wildman–Crippen MR) is 102 cm³/mol. The summed E-state index contributed by atoms with van der Waals surface area (Å²) in [6, 6.07) is 8.98. The van der Waals surface area contributed by atoms with Crippen molar-refractivity contribution < 1.29 is 19.0 Å². The fourth-order valence-electron chi connectivity index (χ4n) is 2.20. The Morgan fingerprint density at radius 3 is 2.54 bits per heavy atom. The lowest BCUT2D eigenvalue weighted by Gasteiger charge is -2.10. The molecule has 138 valence electrons. The van der Waals surface area contributed by atoms with Gasteiger partial charge in [0.1, 0.15) is 5.75 Å². The normalized spacial score (nSPS) is 10.7. The highest BCUT2D eigenvalue weighted by Gasteiger charge is 2.09. The van der Waals surface area contributed by atoms with Crippen LogP contribution in [0.2, 0.25) is 5.02 Å². The number of nitrogens with zero attached hydrogens (tertiary/aromatic N) is 1. The van der Waals surface area contributed by atoms with E-state index in [9.17, 15) is 4.79 Å². The molecule has 0 aromatic heterocycles. The van der Waals surface area contributed by atoms with Crippen molar-refractivity contribution in [1.29, 1.82) is 0 Å². The van der Waals surface area contributed by atoms with Crippen LogP contribution in [0.1, 0.15) is 16.7 Å². The van der Waals surface area contributed by atoms with Crippen molar-refractivity contribution in [3.05, 3.63) is 52.0 Å². The molecule has 1 amide bonds. The summed E-state index contributed by atoms with van der Waals surface area (Å²) in [5, 5.41) is 4.32. The van der Waals surface area contributed by atoms with Crippen molar-refractivity contribution in [3.63, 3.8) is 0 Å². The molecule has 7 heteroatoms. The van der Waals surface area contributed by atoms with Crippen molar-refractivity contribution in [2.24, 2.45) is 5.10 Å². The third-order valence-corrected chi connectivity index (χ3v) is 4.14. The smallest absolute Gasteiger partial charge is 0.277 e. The maximum Gasteiger partial charge on any atom is 0.277 e. The number of benzene rings is 2. The lowest BCUT2D eigenvalue weighted by molar-refractivity contribution is -0.123. The number of methoxy groups -OCH3 is 2. The molecule has 0 radical (unpaired) electrons. The number of aryl methyl sites for hydroxylation is 1. The minimum atomic E-state index is -0.376. The van der Waals surface area contributed by atoms with E-state index < -0.39 is 0 Å². The number of nitrogens with one attached hydrogen (secondary N) is 1. The average molecular weight is 377 g/mol. The summed E-state index contributed by atoms with van der Waals surface area (Å²) in [4.78, 5) is 11.9. The Labute approximate surface area is 157 Å². The van der Waals surface area contributed by atoms with Crippen molar-refractivity contribution >= 4 is 23.7 Å². The molecule has 0 aliphatic heterocycles. The van der Waals surface area contributed by atoms with Crippen molar-refractivity contribution in [2.75, 3.05) is 20.8 Å². The number of hydrogen-bond donors (Lipinski definition) is 1. The minimum absolute atomic E-state index is 0.138. The molecular formula is C19H21ClN2O4. The fraction of sp³-hybridized carbons (Fsp3) is 0.263. The first-order valence-corrected chi connectivity index (χ1v) is 8.26. The Morgan fingerprint density at radius 1 is 1.15 bits per heavy atom. The summed E-state index contributed by atoms with van der Waals surface area (Å²) in [6.07, 6.45) is 1.43. The molecule has 2 aromatic rings. The SMILES string of the molecule is COc1cc(Cl)c(/C=N/NC(=O)COc2cccc(C)c2C)cc1OC. The van der Waals surface area contributed by atoms with E-state index in [1.165, 1.54) is 20.4 Å². The maximum absolute atomic E-state index is 11.9. The molecule has 0 aliphatic carbocycles. The number of rotatable bonds is 7. The van der Waals surface area contributed by atoms with Gasteiger partial charge in [-0.15, -0.1) is 0 Å². The molecule has 1 N–H and O–H groups in total. The van der Waals surface area contributed by atoms with Crippen molar-refractivity contribution in [3.8, 4) is 17.2 Å². The summed E-state index contributed by atoms with van der Waals surface area (Å²) >= 11 is 6.16. The van der Waals surface area contributed by atoms with Gasteiger partial charge < -0.3 is 14.2 Å². The topological polar surface area (TPSA) is 69.2 Å². The number of hydrogen-bond acceptors (Lipinski definition) is 5. The second-order valence-corrected chi connectivity index (χ2v) is 5.92. The van der Waals surface area contributed by atoms with Gasteiger partial charge in [0.05, 0.1) is 25.5 Å². The van der Waals surface area contributed by atoms with E-state index in [0.29, 0.717) is 27.8 Å². The highest BCUT2D eigenvalue weighted by atomic mass is 35.5. The van der Waals surface area contributed by atoms with Gasteiger partial charge in [-0.2, -0.15) is 5.10 Å². The zero-order chi connectivity index (χ0) is 19.1. The van der Waals surface area contributed by atoms with Gasteiger partial charge in [-0.3, -0.25) is 4.79 Å². The monoisotopic (exact) mass is 376 g/mol. The molecule has 2 aromatic carbocycles. The van der Waals surface area contributed by atoms with Crippen LogP contribution in [-0.2, 0) is 4.79 Å². The van der Waals surface area contributed by atoms with Crippen LogP contribution in [0.3, 0.4) is 0 Å². The summed E-state index contributed by atoms with van der Waals surface area (Å²) in [5.41, 5.74) is 5.09. The first kappa shape index (κ1) is 19.6. The van der Waals surface area contributed by atoms with Gasteiger partial charge in [-0.05, 0) is 37.1 Å². The molecule has 6 nitrogen and oxygen atoms in total. The fourth-order valence-corrected chi connectivity index (χ4v) is 2.40. The van der Waals surface area contributed by atoms with Gasteiger partial charge in [0.15, 0.2) is 18.1 Å². The van der Waals surface area contributed by atoms with Gasteiger partial charge in [0, 0.05) is 11.6 Å². The van der Waals surface area contributed by atoms with Gasteiger partial charge in [0.2, 0.25) is 0 Å². The Hall–Kier alpha value is -2.73. The second-order valence-electron chi connectivity index (χ2n) is 5.51. The number of carbonyl (C=O) groups excluding carboxylic acids is 1. The van der Waals surface area contributed by atoms with E-state index in [1.807, 2.05) is 32.0 Å². The molecule has 26 heavy (non-hydrogen) atoms. The van der Waals surface area contributed by atoms with Crippen LogP contribution in [0, 0.1) is 13.8 Å². The van der Waals surface area contributed by atoms with Crippen LogP contribution < -0.4 is 19.6 Å². The lowest BCUT2D eigenvalue weighted by atomic mass is 10.1. The molecule has 0 atom stereocenters. The van der Waals surface area contributed by atoms with Gasteiger partial charge >= 0.3 is 0 Å². The third-order valence-electron chi connectivity index (χ3n) is 3.81. The summed E-state index contributed by atoms with van der Waals surface area (Å²) in [6.45, 7) is 3.79. The molecular weight excluding hydrogens is 356 g/mol. The largest absolute Gasteiger partial charge is 0.493 e. The number of ether oxygens (including phenoxy) is 3. The van der Waals surface area contributed by atoms with Gasteiger partial charge in [-0.25, -0.2) is 5.43 Å². The van der Waals surface area contributed by atoms with E-state index >= 15 is 0 Å². The Morgan fingerprint density at radius 2 is 1.85 bits per heavy atom. The quantitative estimate of drug-likeness (QED) is 0.593.